The molecule has 0 saturated carbocycles. The van der Waals surface area contributed by atoms with Gasteiger partial charge in [0, 0.05) is 17.9 Å². The summed E-state index contributed by atoms with van der Waals surface area (Å²) in [5.41, 5.74) is 1.53. The summed E-state index contributed by atoms with van der Waals surface area (Å²) in [6, 6.07) is 6.52. The van der Waals surface area contributed by atoms with Crippen molar-refractivity contribution in [3.05, 3.63) is 35.4 Å². The summed E-state index contributed by atoms with van der Waals surface area (Å²) in [5, 5.41) is 9.15. The van der Waals surface area contributed by atoms with E-state index in [1.165, 1.54) is 16.7 Å². The summed E-state index contributed by atoms with van der Waals surface area (Å²) < 4.78 is 0. The number of benzene rings is 1. The summed E-state index contributed by atoms with van der Waals surface area (Å²) in [6.45, 7) is 0.395. The number of aliphatic carboxylic acids is 1. The molecule has 0 saturated heterocycles. The van der Waals surface area contributed by atoms with Gasteiger partial charge in [0.1, 0.15) is 6.04 Å². The first-order chi connectivity index (χ1) is 8.15. The average Bonchev–Trinajstić information content (AvgIpc) is 2.64. The van der Waals surface area contributed by atoms with Crippen LogP contribution in [0.1, 0.15) is 15.9 Å². The Morgan fingerprint density at radius 3 is 2.82 bits per heavy atom. The number of rotatable bonds is 4. The van der Waals surface area contributed by atoms with Crippen molar-refractivity contribution in [2.75, 3.05) is 12.0 Å². The Kier molecular flexibility index (Phi) is 3.38. The number of carboxylic acids is 1. The molecule has 1 aromatic rings. The molecule has 0 bridgehead atoms. The zero-order valence-electron chi connectivity index (χ0n) is 9.42. The molecular formula is C12H13NO3S. The van der Waals surface area contributed by atoms with Crippen LogP contribution in [0.5, 0.6) is 0 Å². The fourth-order valence-electron chi connectivity index (χ4n) is 1.98. The van der Waals surface area contributed by atoms with Gasteiger partial charge in [0.2, 0.25) is 0 Å². The molecule has 2 rings (SSSR count). The average molecular weight is 251 g/mol. The molecule has 0 spiro atoms. The lowest BCUT2D eigenvalue weighted by atomic mass is 10.1. The normalized spacial score (nSPS) is 15.8. The summed E-state index contributed by atoms with van der Waals surface area (Å²) in [5.74, 6) is -0.711. The molecule has 1 amide bonds. The van der Waals surface area contributed by atoms with Crippen molar-refractivity contribution in [2.45, 2.75) is 12.6 Å². The number of thioether (sulfide) groups is 1. The van der Waals surface area contributed by atoms with Crippen LogP contribution in [0, 0.1) is 0 Å². The van der Waals surface area contributed by atoms with Gasteiger partial charge in [-0.3, -0.25) is 4.79 Å². The number of amides is 1. The number of carbonyl (C=O) groups excluding carboxylic acids is 1. The van der Waals surface area contributed by atoms with Gasteiger partial charge in [-0.2, -0.15) is 11.8 Å². The largest absolute Gasteiger partial charge is 0.480 e. The van der Waals surface area contributed by atoms with Crippen molar-refractivity contribution >= 4 is 23.6 Å². The smallest absolute Gasteiger partial charge is 0.327 e. The number of nitrogens with zero attached hydrogens (tertiary/aromatic N) is 1. The zero-order chi connectivity index (χ0) is 12.4. The van der Waals surface area contributed by atoms with E-state index in [1.807, 2.05) is 18.4 Å². The van der Waals surface area contributed by atoms with Gasteiger partial charge in [-0.1, -0.05) is 18.2 Å². The first kappa shape index (κ1) is 12.0. The van der Waals surface area contributed by atoms with E-state index in [-0.39, 0.29) is 5.91 Å². The molecule has 17 heavy (non-hydrogen) atoms. The standard InChI is InChI=1S/C12H13NO3S/c1-17-7-10(12(15)16)13-6-8-4-2-3-5-9(8)11(13)14/h2-5,10H,6-7H2,1H3,(H,15,16). The Balaban J connectivity index is 2.26. The highest BCUT2D eigenvalue weighted by molar-refractivity contribution is 7.98. The molecule has 1 aliphatic heterocycles. The number of carbonyl (C=O) groups is 2. The van der Waals surface area contributed by atoms with E-state index in [0.29, 0.717) is 17.9 Å². The van der Waals surface area contributed by atoms with Crippen LogP contribution in [0.2, 0.25) is 0 Å². The predicted octanol–water partition coefficient (Wildman–Crippen LogP) is 1.46. The van der Waals surface area contributed by atoms with E-state index in [1.54, 1.807) is 12.1 Å². The van der Waals surface area contributed by atoms with Crippen molar-refractivity contribution < 1.29 is 14.7 Å². The summed E-state index contributed by atoms with van der Waals surface area (Å²) in [4.78, 5) is 24.7. The van der Waals surface area contributed by atoms with Gasteiger partial charge in [-0.15, -0.1) is 0 Å². The molecule has 5 heteroatoms. The highest BCUT2D eigenvalue weighted by atomic mass is 32.2. The minimum atomic E-state index is -0.944. The minimum Gasteiger partial charge on any atom is -0.480 e. The van der Waals surface area contributed by atoms with Crippen LogP contribution in [0.3, 0.4) is 0 Å². The fourth-order valence-corrected chi connectivity index (χ4v) is 2.62. The molecular weight excluding hydrogens is 238 g/mol. The lowest BCUT2D eigenvalue weighted by Gasteiger charge is -2.23. The van der Waals surface area contributed by atoms with E-state index in [0.717, 1.165) is 5.56 Å². The van der Waals surface area contributed by atoms with Crippen LogP contribution in [0.4, 0.5) is 0 Å². The first-order valence-corrected chi connectivity index (χ1v) is 6.65. The van der Waals surface area contributed by atoms with Gasteiger partial charge in [0.25, 0.3) is 5.91 Å². The fraction of sp³-hybridized carbons (Fsp3) is 0.333. The Morgan fingerprint density at radius 1 is 1.53 bits per heavy atom. The number of hydrogen-bond acceptors (Lipinski definition) is 3. The number of hydrogen-bond donors (Lipinski definition) is 1. The van der Waals surface area contributed by atoms with Crippen LogP contribution in [0.15, 0.2) is 24.3 Å². The Morgan fingerprint density at radius 2 is 2.24 bits per heavy atom. The molecule has 1 unspecified atom stereocenters. The van der Waals surface area contributed by atoms with E-state index in [4.69, 9.17) is 5.11 Å². The van der Waals surface area contributed by atoms with Gasteiger partial charge in [-0.05, 0) is 17.9 Å². The third kappa shape index (κ3) is 2.15. The molecule has 1 N–H and O–H groups in total. The summed E-state index contributed by atoms with van der Waals surface area (Å²) in [7, 11) is 0. The monoisotopic (exact) mass is 251 g/mol. The zero-order valence-corrected chi connectivity index (χ0v) is 10.2. The predicted molar refractivity (Wildman–Crippen MR) is 66.1 cm³/mol. The molecule has 1 heterocycles. The van der Waals surface area contributed by atoms with Gasteiger partial charge in [0.05, 0.1) is 0 Å². The molecule has 4 nitrogen and oxygen atoms in total. The Bertz CT molecular complexity index is 461. The maximum Gasteiger partial charge on any atom is 0.327 e. The van der Waals surface area contributed by atoms with Gasteiger partial charge < -0.3 is 10.0 Å². The molecule has 0 radical (unpaired) electrons. The quantitative estimate of drug-likeness (QED) is 0.880. The highest BCUT2D eigenvalue weighted by Crippen LogP contribution is 2.25. The molecule has 1 aromatic carbocycles. The lowest BCUT2D eigenvalue weighted by molar-refractivity contribution is -0.141. The Labute approximate surface area is 104 Å². The summed E-state index contributed by atoms with van der Waals surface area (Å²) in [6.07, 6.45) is 1.84. The SMILES string of the molecule is CSCC(C(=O)O)N1Cc2ccccc2C1=O. The topological polar surface area (TPSA) is 57.6 Å². The minimum absolute atomic E-state index is 0.179. The second-order valence-electron chi connectivity index (χ2n) is 3.90. The van der Waals surface area contributed by atoms with Crippen molar-refractivity contribution in [3.8, 4) is 0 Å². The van der Waals surface area contributed by atoms with E-state index < -0.39 is 12.0 Å². The van der Waals surface area contributed by atoms with E-state index >= 15 is 0 Å². The van der Waals surface area contributed by atoms with Crippen molar-refractivity contribution in [2.24, 2.45) is 0 Å². The first-order valence-electron chi connectivity index (χ1n) is 5.25. The van der Waals surface area contributed by atoms with Gasteiger partial charge in [-0.25, -0.2) is 4.79 Å². The maximum atomic E-state index is 12.1. The molecule has 1 aliphatic rings. The van der Waals surface area contributed by atoms with Crippen LogP contribution < -0.4 is 0 Å². The second kappa shape index (κ2) is 4.79. The molecule has 1 atom stereocenters. The van der Waals surface area contributed by atoms with Crippen LogP contribution in [-0.4, -0.2) is 39.9 Å². The molecule has 90 valence electrons. The molecule has 0 fully saturated rings. The molecule has 0 aromatic heterocycles. The second-order valence-corrected chi connectivity index (χ2v) is 4.81. The van der Waals surface area contributed by atoms with Crippen molar-refractivity contribution in [1.29, 1.82) is 0 Å². The van der Waals surface area contributed by atoms with E-state index in [9.17, 15) is 9.59 Å². The van der Waals surface area contributed by atoms with Crippen LogP contribution in [-0.2, 0) is 11.3 Å². The molecule has 0 aliphatic carbocycles. The lowest BCUT2D eigenvalue weighted by Crippen LogP contribution is -2.43. The maximum absolute atomic E-state index is 12.1. The Hall–Kier alpha value is -1.49. The van der Waals surface area contributed by atoms with Gasteiger partial charge in [0.15, 0.2) is 0 Å². The summed E-state index contributed by atoms with van der Waals surface area (Å²) >= 11 is 1.43. The van der Waals surface area contributed by atoms with Crippen LogP contribution >= 0.6 is 11.8 Å². The third-order valence-electron chi connectivity index (χ3n) is 2.84. The van der Waals surface area contributed by atoms with Crippen LogP contribution in [0.25, 0.3) is 0 Å². The van der Waals surface area contributed by atoms with Crippen molar-refractivity contribution in [3.63, 3.8) is 0 Å². The highest BCUT2D eigenvalue weighted by Gasteiger charge is 2.35. The number of carboxylic acid groups (broad SMARTS) is 1. The number of fused-ring (bicyclic) bond motifs is 1. The van der Waals surface area contributed by atoms with E-state index in [2.05, 4.69) is 0 Å². The third-order valence-corrected chi connectivity index (χ3v) is 3.48. The van der Waals surface area contributed by atoms with Crippen molar-refractivity contribution in [1.82, 2.24) is 4.90 Å². The van der Waals surface area contributed by atoms with Gasteiger partial charge >= 0.3 is 5.97 Å².